The number of ether oxygens (including phenoxy) is 2. The Bertz CT molecular complexity index is 466. The van der Waals surface area contributed by atoms with Gasteiger partial charge in [-0.05, 0) is 19.8 Å². The van der Waals surface area contributed by atoms with Gasteiger partial charge in [-0.3, -0.25) is 9.59 Å². The number of esters is 1. The van der Waals surface area contributed by atoms with E-state index in [1.807, 2.05) is 0 Å². The number of hydrogen-bond acceptors (Lipinski definition) is 7. The Hall–Kier alpha value is -2.16. The van der Waals surface area contributed by atoms with E-state index in [0.717, 1.165) is 0 Å². The number of imide groups is 1. The van der Waals surface area contributed by atoms with E-state index in [4.69, 9.17) is 4.74 Å². The molecule has 1 saturated heterocycles. The van der Waals surface area contributed by atoms with E-state index in [1.165, 1.54) is 7.11 Å². The summed E-state index contributed by atoms with van der Waals surface area (Å²) in [6, 6.07) is -2.74. The predicted octanol–water partition coefficient (Wildman–Crippen LogP) is 0.200. The van der Waals surface area contributed by atoms with E-state index >= 15 is 0 Å². The molecular formula is C14H22N2O7. The van der Waals surface area contributed by atoms with E-state index in [2.05, 4.69) is 10.1 Å². The van der Waals surface area contributed by atoms with E-state index in [1.54, 1.807) is 6.92 Å². The average Bonchev–Trinajstić information content (AvgIpc) is 2.87. The number of unbranched alkanes of at least 4 members (excludes halogenated alkanes) is 1. The molecule has 2 atom stereocenters. The minimum Gasteiger partial charge on any atom is -0.469 e. The lowest BCUT2D eigenvalue weighted by Gasteiger charge is -2.22. The number of Topliss-reactive ketones (excluding diaryl/α,β-unsaturated/α-hetero) is 1. The zero-order valence-electron chi connectivity index (χ0n) is 13.2. The maximum Gasteiger partial charge on any atom is 0.418 e. The van der Waals surface area contributed by atoms with E-state index in [9.17, 15) is 24.3 Å². The van der Waals surface area contributed by atoms with Crippen molar-refractivity contribution in [1.29, 1.82) is 0 Å². The number of nitrogens with zero attached hydrogens (tertiary/aromatic N) is 1. The summed E-state index contributed by atoms with van der Waals surface area (Å²) in [5.41, 5.74) is 0. The first-order valence-corrected chi connectivity index (χ1v) is 7.43. The molecule has 0 spiro atoms. The van der Waals surface area contributed by atoms with Crippen LogP contribution in [0.4, 0.5) is 9.59 Å². The summed E-state index contributed by atoms with van der Waals surface area (Å²) < 4.78 is 9.27. The van der Waals surface area contributed by atoms with Gasteiger partial charge in [-0.15, -0.1) is 0 Å². The van der Waals surface area contributed by atoms with Gasteiger partial charge in [0.15, 0.2) is 5.78 Å². The minimum absolute atomic E-state index is 0.0619. The summed E-state index contributed by atoms with van der Waals surface area (Å²) in [5.74, 6) is -0.739. The Morgan fingerprint density at radius 1 is 1.26 bits per heavy atom. The number of methoxy groups -OCH3 is 1. The van der Waals surface area contributed by atoms with Crippen LogP contribution in [0.3, 0.4) is 0 Å². The average molecular weight is 330 g/mol. The highest BCUT2D eigenvalue weighted by Gasteiger charge is 2.47. The van der Waals surface area contributed by atoms with Crippen molar-refractivity contribution in [3.8, 4) is 0 Å². The van der Waals surface area contributed by atoms with Crippen LogP contribution in [0.25, 0.3) is 0 Å². The SMILES string of the molecule is CCOC(=O)N1C(=O)N[C@@H](CO)[C@@H]1C(=O)CCCCC(=O)OC. The molecule has 0 aliphatic carbocycles. The van der Waals surface area contributed by atoms with Crippen molar-refractivity contribution in [2.75, 3.05) is 20.3 Å². The third-order valence-corrected chi connectivity index (χ3v) is 3.46. The number of amides is 3. The second kappa shape index (κ2) is 9.09. The first-order chi connectivity index (χ1) is 11.0. The lowest BCUT2D eigenvalue weighted by molar-refractivity contribution is -0.140. The van der Waals surface area contributed by atoms with Crippen molar-refractivity contribution >= 4 is 23.9 Å². The van der Waals surface area contributed by atoms with Crippen molar-refractivity contribution < 1.29 is 33.8 Å². The van der Waals surface area contributed by atoms with E-state index in [0.29, 0.717) is 17.7 Å². The Labute approximate surface area is 133 Å². The number of aliphatic hydroxyl groups excluding tert-OH is 1. The van der Waals surface area contributed by atoms with E-state index in [-0.39, 0.29) is 31.2 Å². The molecule has 9 nitrogen and oxygen atoms in total. The number of ketones is 1. The summed E-state index contributed by atoms with van der Waals surface area (Å²) >= 11 is 0. The smallest absolute Gasteiger partial charge is 0.418 e. The Morgan fingerprint density at radius 3 is 2.48 bits per heavy atom. The third-order valence-electron chi connectivity index (χ3n) is 3.46. The zero-order valence-corrected chi connectivity index (χ0v) is 13.2. The van der Waals surface area contributed by atoms with Gasteiger partial charge < -0.3 is 19.9 Å². The molecular weight excluding hydrogens is 308 g/mol. The number of carbonyl (C=O) groups excluding carboxylic acids is 4. The number of hydrogen-bond donors (Lipinski definition) is 2. The largest absolute Gasteiger partial charge is 0.469 e. The van der Waals surface area contributed by atoms with Crippen LogP contribution in [0, 0.1) is 0 Å². The molecule has 2 N–H and O–H groups in total. The van der Waals surface area contributed by atoms with Crippen LogP contribution in [0.2, 0.25) is 0 Å². The van der Waals surface area contributed by atoms with Gasteiger partial charge in [0, 0.05) is 12.8 Å². The summed E-state index contributed by atoms with van der Waals surface area (Å²) in [4.78, 5) is 47.7. The van der Waals surface area contributed by atoms with Gasteiger partial charge in [0.1, 0.15) is 6.04 Å². The number of urea groups is 1. The van der Waals surface area contributed by atoms with Crippen molar-refractivity contribution in [3.05, 3.63) is 0 Å². The molecule has 9 heteroatoms. The first kappa shape index (κ1) is 18.9. The maximum absolute atomic E-state index is 12.3. The molecule has 130 valence electrons. The van der Waals surface area contributed by atoms with Gasteiger partial charge in [-0.2, -0.15) is 0 Å². The number of aliphatic hydroxyl groups is 1. The fourth-order valence-electron chi connectivity index (χ4n) is 2.34. The Kier molecular flexibility index (Phi) is 7.46. The van der Waals surface area contributed by atoms with Crippen LogP contribution in [-0.2, 0) is 19.1 Å². The van der Waals surface area contributed by atoms with Crippen LogP contribution >= 0.6 is 0 Å². The number of rotatable bonds is 8. The second-order valence-corrected chi connectivity index (χ2v) is 5.00. The second-order valence-electron chi connectivity index (χ2n) is 5.00. The molecule has 0 aromatic rings. The lowest BCUT2D eigenvalue weighted by Crippen LogP contribution is -2.47. The van der Waals surface area contributed by atoms with Crippen LogP contribution in [0.1, 0.15) is 32.6 Å². The highest BCUT2D eigenvalue weighted by atomic mass is 16.6. The molecule has 3 amide bonds. The molecule has 1 aliphatic rings. The summed E-state index contributed by atoms with van der Waals surface area (Å²) in [5, 5.41) is 11.7. The fraction of sp³-hybridized carbons (Fsp3) is 0.714. The first-order valence-electron chi connectivity index (χ1n) is 7.43. The molecule has 0 saturated carbocycles. The quantitative estimate of drug-likeness (QED) is 0.481. The lowest BCUT2D eigenvalue weighted by atomic mass is 10.00. The minimum atomic E-state index is -1.11. The Balaban J connectivity index is 2.66. The summed E-state index contributed by atoms with van der Waals surface area (Å²) in [6.45, 7) is 1.17. The fourth-order valence-corrected chi connectivity index (χ4v) is 2.34. The van der Waals surface area contributed by atoms with Crippen molar-refractivity contribution in [1.82, 2.24) is 10.2 Å². The normalized spacial score (nSPS) is 20.1. The highest BCUT2D eigenvalue weighted by molar-refractivity contribution is 6.01. The monoisotopic (exact) mass is 330 g/mol. The maximum atomic E-state index is 12.3. The summed E-state index contributed by atoms with van der Waals surface area (Å²) in [7, 11) is 1.28. The van der Waals surface area contributed by atoms with Crippen molar-refractivity contribution in [2.45, 2.75) is 44.7 Å². The van der Waals surface area contributed by atoms with Gasteiger partial charge >= 0.3 is 18.1 Å². The molecule has 1 fully saturated rings. The molecule has 0 bridgehead atoms. The van der Waals surface area contributed by atoms with Crippen LogP contribution in [-0.4, -0.2) is 66.3 Å². The molecule has 0 aromatic heterocycles. The van der Waals surface area contributed by atoms with Crippen molar-refractivity contribution in [3.63, 3.8) is 0 Å². The van der Waals surface area contributed by atoms with Gasteiger partial charge in [0.05, 0.1) is 26.4 Å². The van der Waals surface area contributed by atoms with Gasteiger partial charge in [-0.1, -0.05) is 0 Å². The Morgan fingerprint density at radius 2 is 1.91 bits per heavy atom. The molecule has 23 heavy (non-hydrogen) atoms. The number of nitrogens with one attached hydrogen (secondary N) is 1. The molecule has 0 radical (unpaired) electrons. The standard InChI is InChI=1S/C14H22N2O7/c1-3-23-14(21)16-12(9(8-17)15-13(16)20)10(18)6-4-5-7-11(19)22-2/h9,12,17H,3-8H2,1-2H3,(H,15,20)/t9-,12+/m0/s1. The highest BCUT2D eigenvalue weighted by Crippen LogP contribution is 2.19. The molecule has 1 heterocycles. The predicted molar refractivity (Wildman–Crippen MR) is 77.5 cm³/mol. The number of carbonyl (C=O) groups is 4. The van der Waals surface area contributed by atoms with Crippen LogP contribution in [0.15, 0.2) is 0 Å². The van der Waals surface area contributed by atoms with Crippen LogP contribution < -0.4 is 5.32 Å². The van der Waals surface area contributed by atoms with Gasteiger partial charge in [0.25, 0.3) is 0 Å². The van der Waals surface area contributed by atoms with E-state index < -0.39 is 30.8 Å². The molecule has 1 aliphatic heterocycles. The van der Waals surface area contributed by atoms with Gasteiger partial charge in [-0.25, -0.2) is 14.5 Å². The molecule has 0 aromatic carbocycles. The van der Waals surface area contributed by atoms with Crippen molar-refractivity contribution in [2.24, 2.45) is 0 Å². The topological polar surface area (TPSA) is 122 Å². The molecule has 0 unspecified atom stereocenters. The third kappa shape index (κ3) is 4.92. The van der Waals surface area contributed by atoms with Gasteiger partial charge in [0.2, 0.25) is 0 Å². The zero-order chi connectivity index (χ0) is 17.4. The molecule has 1 rings (SSSR count). The van der Waals surface area contributed by atoms with Crippen LogP contribution in [0.5, 0.6) is 0 Å². The summed E-state index contributed by atoms with van der Waals surface area (Å²) in [6.07, 6.45) is 0.205.